The highest BCUT2D eigenvalue weighted by Crippen LogP contribution is 2.34. The fourth-order valence-electron chi connectivity index (χ4n) is 3.13. The third-order valence-corrected chi connectivity index (χ3v) is 4.24. The van der Waals surface area contributed by atoms with Gasteiger partial charge in [0.05, 0.1) is 18.8 Å². The summed E-state index contributed by atoms with van der Waals surface area (Å²) >= 11 is 0. The number of carbonyl (C=O) groups excluding carboxylic acids is 1. The summed E-state index contributed by atoms with van der Waals surface area (Å²) in [7, 11) is 0. The van der Waals surface area contributed by atoms with Crippen molar-refractivity contribution in [2.45, 2.75) is 63.6 Å². The maximum atomic E-state index is 13.3. The average Bonchev–Trinajstić information content (AvgIpc) is 2.99. The van der Waals surface area contributed by atoms with Gasteiger partial charge in [0, 0.05) is 0 Å². The zero-order valence-corrected chi connectivity index (χ0v) is 11.4. The van der Waals surface area contributed by atoms with Crippen LogP contribution in [0.2, 0.25) is 0 Å². The average molecular weight is 296 g/mol. The smallest absolute Gasteiger partial charge is 0.319 e. The van der Waals surface area contributed by atoms with E-state index in [1.165, 1.54) is 0 Å². The Morgan fingerprint density at radius 3 is 2.45 bits per heavy atom. The van der Waals surface area contributed by atoms with E-state index in [1.807, 2.05) is 0 Å². The number of hydrogen-bond donors (Lipinski definition) is 1. The molecule has 2 aliphatic rings. The van der Waals surface area contributed by atoms with Gasteiger partial charge >= 0.3 is 12.3 Å². The van der Waals surface area contributed by atoms with E-state index in [0.29, 0.717) is 6.42 Å². The highest BCUT2D eigenvalue weighted by molar-refractivity contribution is 5.84. The first kappa shape index (κ1) is 15.5. The molecule has 1 aliphatic heterocycles. The van der Waals surface area contributed by atoms with Crippen molar-refractivity contribution in [3.8, 4) is 0 Å². The fraction of sp³-hybridized carbons (Fsp3) is 0.923. The molecule has 2 fully saturated rings. The Balaban J connectivity index is 2.14. The van der Waals surface area contributed by atoms with Crippen LogP contribution in [-0.2, 0) is 4.79 Å². The maximum Gasteiger partial charge on any atom is 0.324 e. The summed E-state index contributed by atoms with van der Waals surface area (Å²) in [5.74, 6) is -4.55. The SMILES string of the molecule is CCC1NC(C2CCCC2)N(CC(F)(F)C(F)F)C1=O. The highest BCUT2D eigenvalue weighted by Gasteiger charge is 2.50. The van der Waals surface area contributed by atoms with Crippen LogP contribution in [0.3, 0.4) is 0 Å². The fourth-order valence-corrected chi connectivity index (χ4v) is 3.13. The van der Waals surface area contributed by atoms with Crippen molar-refractivity contribution in [2.24, 2.45) is 5.92 Å². The third-order valence-electron chi connectivity index (χ3n) is 4.24. The minimum absolute atomic E-state index is 0.0870. The molecule has 2 unspecified atom stereocenters. The maximum absolute atomic E-state index is 13.3. The normalized spacial score (nSPS) is 28.9. The molecule has 3 nitrogen and oxygen atoms in total. The molecule has 2 rings (SSSR count). The molecule has 2 atom stereocenters. The molecule has 0 aromatic heterocycles. The van der Waals surface area contributed by atoms with Gasteiger partial charge in [-0.25, -0.2) is 8.78 Å². The van der Waals surface area contributed by atoms with E-state index in [1.54, 1.807) is 6.92 Å². The molecule has 0 aromatic carbocycles. The predicted octanol–water partition coefficient (Wildman–Crippen LogP) is 2.61. The molecule has 20 heavy (non-hydrogen) atoms. The Morgan fingerprint density at radius 1 is 1.35 bits per heavy atom. The lowest BCUT2D eigenvalue weighted by atomic mass is 10.0. The summed E-state index contributed by atoms with van der Waals surface area (Å²) in [4.78, 5) is 13.0. The molecule has 1 amide bonds. The summed E-state index contributed by atoms with van der Waals surface area (Å²) in [6.45, 7) is 0.574. The van der Waals surface area contributed by atoms with Crippen molar-refractivity contribution >= 4 is 5.91 Å². The molecule has 0 radical (unpaired) electrons. The molecule has 0 aromatic rings. The monoisotopic (exact) mass is 296 g/mol. The standard InChI is InChI=1S/C13H20F4N2O/c1-2-9-11(20)19(7-13(16,17)12(14)15)10(18-9)8-5-3-4-6-8/h8-10,12,18H,2-7H2,1H3. The summed E-state index contributed by atoms with van der Waals surface area (Å²) in [5.41, 5.74) is 0. The summed E-state index contributed by atoms with van der Waals surface area (Å²) in [5, 5.41) is 3.04. The number of nitrogens with zero attached hydrogens (tertiary/aromatic N) is 1. The van der Waals surface area contributed by atoms with Gasteiger partial charge in [0.25, 0.3) is 0 Å². The van der Waals surface area contributed by atoms with Gasteiger partial charge in [-0.05, 0) is 25.2 Å². The first-order valence-corrected chi connectivity index (χ1v) is 7.09. The van der Waals surface area contributed by atoms with Crippen molar-refractivity contribution in [1.29, 1.82) is 0 Å². The second-order valence-electron chi connectivity index (χ2n) is 5.64. The summed E-state index contributed by atoms with van der Waals surface area (Å²) in [6, 6.07) is -0.533. The molecule has 1 saturated carbocycles. The van der Waals surface area contributed by atoms with Crippen LogP contribution >= 0.6 is 0 Å². The molecular weight excluding hydrogens is 276 g/mol. The van der Waals surface area contributed by atoms with Crippen LogP contribution in [-0.4, -0.2) is 41.9 Å². The summed E-state index contributed by atoms with van der Waals surface area (Å²) < 4.78 is 51.3. The first-order valence-electron chi connectivity index (χ1n) is 7.09. The lowest BCUT2D eigenvalue weighted by Crippen LogP contribution is -2.49. The molecule has 1 saturated heterocycles. The predicted molar refractivity (Wildman–Crippen MR) is 65.6 cm³/mol. The van der Waals surface area contributed by atoms with E-state index in [0.717, 1.165) is 30.6 Å². The van der Waals surface area contributed by atoms with Gasteiger partial charge in [0.1, 0.15) is 0 Å². The van der Waals surface area contributed by atoms with Crippen molar-refractivity contribution in [1.82, 2.24) is 10.2 Å². The molecular formula is C13H20F4N2O. The zero-order chi connectivity index (χ0) is 14.9. The van der Waals surface area contributed by atoms with E-state index in [4.69, 9.17) is 0 Å². The number of carbonyl (C=O) groups is 1. The van der Waals surface area contributed by atoms with Crippen molar-refractivity contribution in [3.63, 3.8) is 0 Å². The Hall–Kier alpha value is -0.850. The minimum Gasteiger partial charge on any atom is -0.319 e. The van der Waals surface area contributed by atoms with Gasteiger partial charge in [-0.1, -0.05) is 19.8 Å². The lowest BCUT2D eigenvalue weighted by Gasteiger charge is -2.31. The van der Waals surface area contributed by atoms with Crippen LogP contribution in [0.1, 0.15) is 39.0 Å². The van der Waals surface area contributed by atoms with Crippen LogP contribution in [0.15, 0.2) is 0 Å². The number of halogens is 4. The number of nitrogens with one attached hydrogen (secondary N) is 1. The molecule has 0 spiro atoms. The van der Waals surface area contributed by atoms with Crippen LogP contribution < -0.4 is 5.32 Å². The molecule has 1 N–H and O–H groups in total. The van der Waals surface area contributed by atoms with Gasteiger partial charge < -0.3 is 4.90 Å². The van der Waals surface area contributed by atoms with Crippen molar-refractivity contribution in [2.75, 3.05) is 6.54 Å². The van der Waals surface area contributed by atoms with Gasteiger partial charge in [-0.2, -0.15) is 8.78 Å². The third kappa shape index (κ3) is 2.92. The zero-order valence-electron chi connectivity index (χ0n) is 11.4. The van der Waals surface area contributed by atoms with Crippen LogP contribution in [0.5, 0.6) is 0 Å². The Morgan fingerprint density at radius 2 is 1.95 bits per heavy atom. The number of hydrogen-bond acceptors (Lipinski definition) is 2. The Bertz CT molecular complexity index is 358. The van der Waals surface area contributed by atoms with Crippen molar-refractivity contribution < 1.29 is 22.4 Å². The van der Waals surface area contributed by atoms with Crippen LogP contribution in [0, 0.1) is 5.92 Å². The first-order chi connectivity index (χ1) is 9.36. The van der Waals surface area contributed by atoms with E-state index in [9.17, 15) is 22.4 Å². The van der Waals surface area contributed by atoms with E-state index in [2.05, 4.69) is 5.32 Å². The van der Waals surface area contributed by atoms with Crippen molar-refractivity contribution in [3.05, 3.63) is 0 Å². The van der Waals surface area contributed by atoms with Crippen LogP contribution in [0.25, 0.3) is 0 Å². The highest BCUT2D eigenvalue weighted by atomic mass is 19.3. The Kier molecular flexibility index (Phi) is 4.56. The Labute approximate surface area is 115 Å². The molecule has 116 valence electrons. The molecule has 1 heterocycles. The molecule has 1 aliphatic carbocycles. The van der Waals surface area contributed by atoms with E-state index >= 15 is 0 Å². The number of alkyl halides is 4. The van der Waals surface area contributed by atoms with Crippen LogP contribution in [0.4, 0.5) is 17.6 Å². The van der Waals surface area contributed by atoms with Gasteiger partial charge in [0.15, 0.2) is 0 Å². The lowest BCUT2D eigenvalue weighted by molar-refractivity contribution is -0.158. The van der Waals surface area contributed by atoms with Gasteiger partial charge in [-0.3, -0.25) is 10.1 Å². The second-order valence-corrected chi connectivity index (χ2v) is 5.64. The van der Waals surface area contributed by atoms with Gasteiger partial charge in [-0.15, -0.1) is 0 Å². The number of amides is 1. The topological polar surface area (TPSA) is 32.3 Å². The quantitative estimate of drug-likeness (QED) is 0.791. The largest absolute Gasteiger partial charge is 0.324 e. The minimum atomic E-state index is -4.16. The second kappa shape index (κ2) is 5.87. The molecule has 0 bridgehead atoms. The molecule has 7 heteroatoms. The number of rotatable bonds is 5. The summed E-state index contributed by atoms with van der Waals surface area (Å²) in [6.07, 6.45) is -0.130. The van der Waals surface area contributed by atoms with E-state index < -0.39 is 37.0 Å². The van der Waals surface area contributed by atoms with Gasteiger partial charge in [0.2, 0.25) is 5.91 Å². The van der Waals surface area contributed by atoms with E-state index in [-0.39, 0.29) is 5.92 Å².